The molecule has 1 fully saturated rings. The van der Waals surface area contributed by atoms with E-state index in [0.717, 1.165) is 18.9 Å². The number of ether oxygens (including phenoxy) is 1. The van der Waals surface area contributed by atoms with Gasteiger partial charge in [-0.15, -0.1) is 12.4 Å². The normalized spacial score (nSPS) is 16.1. The maximum atomic E-state index is 5.64. The standard InChI is InChI=1S/C15H23NO.ClH/c1-2-17-15-11-7-6-8-13(15)12-16-14-9-4-3-5-10-14;/h6-8,11,14,16H,2-5,9-10,12H2,1H3;1H. The highest BCUT2D eigenvalue weighted by molar-refractivity contribution is 5.85. The number of rotatable bonds is 5. The third-order valence-electron chi connectivity index (χ3n) is 3.46. The maximum absolute atomic E-state index is 5.64. The Bertz CT molecular complexity index is 337. The zero-order valence-corrected chi connectivity index (χ0v) is 12.0. The first-order valence-corrected chi connectivity index (χ1v) is 6.84. The summed E-state index contributed by atoms with van der Waals surface area (Å²) in [5.74, 6) is 1.03. The van der Waals surface area contributed by atoms with E-state index in [4.69, 9.17) is 4.74 Å². The van der Waals surface area contributed by atoms with Gasteiger partial charge in [0.25, 0.3) is 0 Å². The van der Waals surface area contributed by atoms with Gasteiger partial charge in [-0.05, 0) is 25.8 Å². The van der Waals surface area contributed by atoms with E-state index in [1.807, 2.05) is 13.0 Å². The average molecular weight is 270 g/mol. The van der Waals surface area contributed by atoms with Gasteiger partial charge in [0, 0.05) is 18.2 Å². The predicted octanol–water partition coefficient (Wildman–Crippen LogP) is 3.93. The highest BCUT2D eigenvalue weighted by Gasteiger charge is 2.13. The summed E-state index contributed by atoms with van der Waals surface area (Å²) in [7, 11) is 0. The van der Waals surface area contributed by atoms with Crippen LogP contribution < -0.4 is 10.1 Å². The van der Waals surface area contributed by atoms with Gasteiger partial charge in [0.15, 0.2) is 0 Å². The molecule has 102 valence electrons. The summed E-state index contributed by atoms with van der Waals surface area (Å²) in [6.45, 7) is 3.70. The molecule has 0 unspecified atom stereocenters. The smallest absolute Gasteiger partial charge is 0.123 e. The molecular formula is C15H24ClNO. The summed E-state index contributed by atoms with van der Waals surface area (Å²) in [6.07, 6.45) is 6.83. The number of hydrogen-bond acceptors (Lipinski definition) is 2. The van der Waals surface area contributed by atoms with Crippen molar-refractivity contribution in [2.75, 3.05) is 6.61 Å². The molecule has 0 amide bonds. The van der Waals surface area contributed by atoms with Crippen molar-refractivity contribution in [3.63, 3.8) is 0 Å². The molecule has 0 heterocycles. The second-order valence-corrected chi connectivity index (χ2v) is 4.76. The van der Waals surface area contributed by atoms with E-state index < -0.39 is 0 Å². The van der Waals surface area contributed by atoms with Crippen LogP contribution in [0.25, 0.3) is 0 Å². The summed E-state index contributed by atoms with van der Waals surface area (Å²) in [5, 5.41) is 3.66. The number of hydrogen-bond donors (Lipinski definition) is 1. The Kier molecular flexibility index (Phi) is 7.14. The molecule has 0 bridgehead atoms. The van der Waals surface area contributed by atoms with Gasteiger partial charge < -0.3 is 10.1 Å². The van der Waals surface area contributed by atoms with Crippen molar-refractivity contribution >= 4 is 12.4 Å². The number of para-hydroxylation sites is 1. The predicted molar refractivity (Wildman–Crippen MR) is 78.6 cm³/mol. The fraction of sp³-hybridized carbons (Fsp3) is 0.600. The minimum atomic E-state index is 0. The first-order chi connectivity index (χ1) is 8.40. The topological polar surface area (TPSA) is 21.3 Å². The fourth-order valence-corrected chi connectivity index (χ4v) is 2.51. The molecule has 1 aromatic carbocycles. The number of benzene rings is 1. The van der Waals surface area contributed by atoms with Crippen LogP contribution in [0.3, 0.4) is 0 Å². The lowest BCUT2D eigenvalue weighted by molar-refractivity contribution is 0.330. The van der Waals surface area contributed by atoms with E-state index in [1.54, 1.807) is 0 Å². The van der Waals surface area contributed by atoms with E-state index >= 15 is 0 Å². The highest BCUT2D eigenvalue weighted by atomic mass is 35.5. The average Bonchev–Trinajstić information content (AvgIpc) is 2.39. The van der Waals surface area contributed by atoms with E-state index in [-0.39, 0.29) is 12.4 Å². The first kappa shape index (κ1) is 15.3. The second-order valence-electron chi connectivity index (χ2n) is 4.76. The van der Waals surface area contributed by atoms with Gasteiger partial charge in [0.1, 0.15) is 5.75 Å². The number of halogens is 1. The molecule has 1 saturated carbocycles. The molecule has 0 atom stereocenters. The molecule has 2 nitrogen and oxygen atoms in total. The van der Waals surface area contributed by atoms with Gasteiger partial charge in [-0.1, -0.05) is 37.5 Å². The van der Waals surface area contributed by atoms with Crippen LogP contribution in [0.4, 0.5) is 0 Å². The maximum Gasteiger partial charge on any atom is 0.123 e. The van der Waals surface area contributed by atoms with Gasteiger partial charge in [0.2, 0.25) is 0 Å². The monoisotopic (exact) mass is 269 g/mol. The zero-order chi connectivity index (χ0) is 11.9. The molecular weight excluding hydrogens is 246 g/mol. The minimum absolute atomic E-state index is 0. The highest BCUT2D eigenvalue weighted by Crippen LogP contribution is 2.21. The van der Waals surface area contributed by atoms with E-state index in [2.05, 4.69) is 23.5 Å². The van der Waals surface area contributed by atoms with Crippen molar-refractivity contribution < 1.29 is 4.74 Å². The lowest BCUT2D eigenvalue weighted by atomic mass is 9.95. The molecule has 0 saturated heterocycles. The van der Waals surface area contributed by atoms with Crippen LogP contribution in [0, 0.1) is 0 Å². The van der Waals surface area contributed by atoms with Crippen molar-refractivity contribution in [1.29, 1.82) is 0 Å². The van der Waals surface area contributed by atoms with E-state index in [9.17, 15) is 0 Å². The van der Waals surface area contributed by atoms with Crippen LogP contribution in [-0.2, 0) is 6.54 Å². The molecule has 0 aromatic heterocycles. The van der Waals surface area contributed by atoms with Crippen LogP contribution in [0.1, 0.15) is 44.6 Å². The molecule has 3 heteroatoms. The Hall–Kier alpha value is -0.730. The lowest BCUT2D eigenvalue weighted by Crippen LogP contribution is -2.30. The van der Waals surface area contributed by atoms with E-state index in [0.29, 0.717) is 6.04 Å². The summed E-state index contributed by atoms with van der Waals surface area (Å²) < 4.78 is 5.64. The van der Waals surface area contributed by atoms with Crippen molar-refractivity contribution in [2.24, 2.45) is 0 Å². The van der Waals surface area contributed by atoms with Gasteiger partial charge in [0.05, 0.1) is 6.61 Å². The zero-order valence-electron chi connectivity index (χ0n) is 11.2. The van der Waals surface area contributed by atoms with Crippen molar-refractivity contribution in [1.82, 2.24) is 5.32 Å². The Labute approximate surface area is 117 Å². The third-order valence-corrected chi connectivity index (χ3v) is 3.46. The van der Waals surface area contributed by atoms with Gasteiger partial charge in [-0.25, -0.2) is 0 Å². The third kappa shape index (κ3) is 4.51. The SMILES string of the molecule is CCOc1ccccc1CNC1CCCCC1.Cl. The van der Waals surface area contributed by atoms with Gasteiger partial charge >= 0.3 is 0 Å². The molecule has 0 spiro atoms. The molecule has 1 aliphatic carbocycles. The first-order valence-electron chi connectivity index (χ1n) is 6.84. The van der Waals surface area contributed by atoms with Gasteiger partial charge in [-0.2, -0.15) is 0 Å². The molecule has 1 N–H and O–H groups in total. The summed E-state index contributed by atoms with van der Waals surface area (Å²) >= 11 is 0. The molecule has 1 aromatic rings. The fourth-order valence-electron chi connectivity index (χ4n) is 2.51. The summed E-state index contributed by atoms with van der Waals surface area (Å²) in [4.78, 5) is 0. The van der Waals surface area contributed by atoms with Crippen molar-refractivity contribution in [3.05, 3.63) is 29.8 Å². The largest absolute Gasteiger partial charge is 0.494 e. The lowest BCUT2D eigenvalue weighted by Gasteiger charge is -2.23. The Morgan fingerprint density at radius 1 is 1.17 bits per heavy atom. The van der Waals surface area contributed by atoms with Crippen molar-refractivity contribution in [2.45, 2.75) is 51.6 Å². The molecule has 0 radical (unpaired) electrons. The van der Waals surface area contributed by atoms with Crippen LogP contribution in [0.5, 0.6) is 5.75 Å². The van der Waals surface area contributed by atoms with Crippen LogP contribution in [-0.4, -0.2) is 12.6 Å². The second kappa shape index (κ2) is 8.39. The molecule has 0 aliphatic heterocycles. The molecule has 18 heavy (non-hydrogen) atoms. The Morgan fingerprint density at radius 2 is 1.89 bits per heavy atom. The van der Waals surface area contributed by atoms with Crippen LogP contribution >= 0.6 is 12.4 Å². The Balaban J connectivity index is 0.00000162. The number of nitrogens with one attached hydrogen (secondary N) is 1. The summed E-state index contributed by atoms with van der Waals surface area (Å²) in [6, 6.07) is 9.04. The Morgan fingerprint density at radius 3 is 2.61 bits per heavy atom. The minimum Gasteiger partial charge on any atom is -0.494 e. The molecule has 2 rings (SSSR count). The summed E-state index contributed by atoms with van der Waals surface area (Å²) in [5.41, 5.74) is 1.28. The quantitative estimate of drug-likeness (QED) is 0.875. The molecule has 1 aliphatic rings. The van der Waals surface area contributed by atoms with Gasteiger partial charge in [-0.3, -0.25) is 0 Å². The van der Waals surface area contributed by atoms with Crippen LogP contribution in [0.15, 0.2) is 24.3 Å². The van der Waals surface area contributed by atoms with E-state index in [1.165, 1.54) is 37.7 Å². The van der Waals surface area contributed by atoms with Crippen LogP contribution in [0.2, 0.25) is 0 Å². The van der Waals surface area contributed by atoms with Crippen molar-refractivity contribution in [3.8, 4) is 5.75 Å².